The van der Waals surface area contributed by atoms with E-state index in [1.165, 1.54) is 25.7 Å². The van der Waals surface area contributed by atoms with Crippen molar-refractivity contribution in [2.45, 2.75) is 45.1 Å². The van der Waals surface area contributed by atoms with Crippen LogP contribution in [0.15, 0.2) is 6.20 Å². The van der Waals surface area contributed by atoms with E-state index in [1.54, 1.807) is 20.4 Å². The van der Waals surface area contributed by atoms with Crippen molar-refractivity contribution in [1.29, 1.82) is 0 Å². The normalized spacial score (nSPS) is 17.1. The SMILES string of the molecule is CCNC(CC1CCCC1)c1ncc(OC)nc1OC. The average molecular weight is 279 g/mol. The van der Waals surface area contributed by atoms with E-state index in [9.17, 15) is 0 Å². The molecule has 1 saturated carbocycles. The van der Waals surface area contributed by atoms with Crippen molar-refractivity contribution in [3.63, 3.8) is 0 Å². The Morgan fingerprint density at radius 2 is 2.05 bits per heavy atom. The zero-order valence-corrected chi connectivity index (χ0v) is 12.7. The Morgan fingerprint density at radius 3 is 2.65 bits per heavy atom. The Balaban J connectivity index is 2.18. The van der Waals surface area contributed by atoms with Gasteiger partial charge < -0.3 is 14.8 Å². The molecule has 0 saturated heterocycles. The third kappa shape index (κ3) is 3.60. The van der Waals surface area contributed by atoms with Crippen LogP contribution in [0.25, 0.3) is 0 Å². The molecule has 1 heterocycles. The lowest BCUT2D eigenvalue weighted by Crippen LogP contribution is -2.25. The molecule has 0 aromatic carbocycles. The largest absolute Gasteiger partial charge is 0.480 e. The summed E-state index contributed by atoms with van der Waals surface area (Å²) in [5, 5.41) is 3.51. The predicted octanol–water partition coefficient (Wildman–Crippen LogP) is 2.72. The number of hydrogen-bond acceptors (Lipinski definition) is 5. The van der Waals surface area contributed by atoms with Gasteiger partial charge in [0, 0.05) is 0 Å². The van der Waals surface area contributed by atoms with Crippen LogP contribution in [-0.4, -0.2) is 30.7 Å². The number of rotatable bonds is 7. The molecule has 0 amide bonds. The van der Waals surface area contributed by atoms with Gasteiger partial charge in [0.15, 0.2) is 0 Å². The smallest absolute Gasteiger partial charge is 0.240 e. The van der Waals surface area contributed by atoms with Crippen LogP contribution in [0.4, 0.5) is 0 Å². The fraction of sp³-hybridized carbons (Fsp3) is 0.733. The summed E-state index contributed by atoms with van der Waals surface area (Å²) in [5.41, 5.74) is 0.891. The van der Waals surface area contributed by atoms with Gasteiger partial charge in [-0.3, -0.25) is 0 Å². The van der Waals surface area contributed by atoms with Gasteiger partial charge in [-0.2, -0.15) is 4.98 Å². The van der Waals surface area contributed by atoms with Gasteiger partial charge in [0.1, 0.15) is 5.69 Å². The van der Waals surface area contributed by atoms with Crippen LogP contribution in [0.1, 0.15) is 50.8 Å². The fourth-order valence-electron chi connectivity index (χ4n) is 2.97. The maximum Gasteiger partial charge on any atom is 0.240 e. The van der Waals surface area contributed by atoms with Gasteiger partial charge in [-0.25, -0.2) is 4.98 Å². The first-order valence-corrected chi connectivity index (χ1v) is 7.46. The van der Waals surface area contributed by atoms with E-state index in [1.807, 2.05) is 0 Å². The highest BCUT2D eigenvalue weighted by Crippen LogP contribution is 2.34. The van der Waals surface area contributed by atoms with Crippen molar-refractivity contribution in [2.75, 3.05) is 20.8 Å². The maximum atomic E-state index is 5.39. The minimum Gasteiger partial charge on any atom is -0.480 e. The lowest BCUT2D eigenvalue weighted by Gasteiger charge is -2.22. The molecule has 1 fully saturated rings. The molecule has 5 heteroatoms. The second kappa shape index (κ2) is 7.43. The van der Waals surface area contributed by atoms with E-state index in [-0.39, 0.29) is 6.04 Å². The van der Waals surface area contributed by atoms with Crippen molar-refractivity contribution in [3.8, 4) is 11.8 Å². The first-order chi connectivity index (χ1) is 9.78. The van der Waals surface area contributed by atoms with E-state index in [4.69, 9.17) is 9.47 Å². The molecule has 112 valence electrons. The van der Waals surface area contributed by atoms with E-state index < -0.39 is 0 Å². The molecular weight excluding hydrogens is 254 g/mol. The minimum absolute atomic E-state index is 0.205. The Kier molecular flexibility index (Phi) is 5.59. The van der Waals surface area contributed by atoms with E-state index in [0.29, 0.717) is 11.8 Å². The molecule has 1 aliphatic carbocycles. The van der Waals surface area contributed by atoms with Gasteiger partial charge in [0.25, 0.3) is 0 Å². The van der Waals surface area contributed by atoms with Crippen molar-refractivity contribution in [1.82, 2.24) is 15.3 Å². The van der Waals surface area contributed by atoms with Crippen molar-refractivity contribution >= 4 is 0 Å². The van der Waals surface area contributed by atoms with Crippen molar-refractivity contribution in [2.24, 2.45) is 5.92 Å². The summed E-state index contributed by atoms with van der Waals surface area (Å²) >= 11 is 0. The number of aromatic nitrogens is 2. The summed E-state index contributed by atoms with van der Waals surface area (Å²) in [4.78, 5) is 8.85. The zero-order valence-electron chi connectivity index (χ0n) is 12.7. The number of nitrogens with zero attached hydrogens (tertiary/aromatic N) is 2. The van der Waals surface area contributed by atoms with E-state index >= 15 is 0 Å². The van der Waals surface area contributed by atoms with Crippen LogP contribution in [-0.2, 0) is 0 Å². The molecule has 1 aromatic rings. The maximum absolute atomic E-state index is 5.39. The van der Waals surface area contributed by atoms with Crippen LogP contribution in [0.5, 0.6) is 11.8 Å². The van der Waals surface area contributed by atoms with Crippen LogP contribution in [0.2, 0.25) is 0 Å². The molecule has 0 spiro atoms. The van der Waals surface area contributed by atoms with Gasteiger partial charge in [-0.05, 0) is 18.9 Å². The fourth-order valence-corrected chi connectivity index (χ4v) is 2.97. The number of ether oxygens (including phenoxy) is 2. The Labute approximate surface area is 121 Å². The van der Waals surface area contributed by atoms with Gasteiger partial charge in [0.2, 0.25) is 11.8 Å². The Hall–Kier alpha value is -1.36. The van der Waals surface area contributed by atoms with Crippen LogP contribution < -0.4 is 14.8 Å². The number of hydrogen-bond donors (Lipinski definition) is 1. The molecule has 1 atom stereocenters. The molecule has 20 heavy (non-hydrogen) atoms. The zero-order chi connectivity index (χ0) is 14.4. The molecule has 1 N–H and O–H groups in total. The van der Waals surface area contributed by atoms with Crippen LogP contribution >= 0.6 is 0 Å². The first-order valence-electron chi connectivity index (χ1n) is 7.46. The molecule has 0 radical (unpaired) electrons. The van der Waals surface area contributed by atoms with Gasteiger partial charge in [-0.15, -0.1) is 0 Å². The van der Waals surface area contributed by atoms with Crippen LogP contribution in [0, 0.1) is 5.92 Å². The lowest BCUT2D eigenvalue weighted by atomic mass is 9.96. The molecule has 1 aliphatic rings. The molecule has 0 bridgehead atoms. The second-order valence-corrected chi connectivity index (χ2v) is 5.30. The molecule has 0 aliphatic heterocycles. The van der Waals surface area contributed by atoms with Gasteiger partial charge in [-0.1, -0.05) is 32.6 Å². The van der Waals surface area contributed by atoms with E-state index in [2.05, 4.69) is 22.2 Å². The number of nitrogens with one attached hydrogen (secondary N) is 1. The lowest BCUT2D eigenvalue weighted by molar-refractivity contribution is 0.336. The molecule has 1 unspecified atom stereocenters. The summed E-state index contributed by atoms with van der Waals surface area (Å²) in [5.74, 6) is 1.84. The monoisotopic (exact) mass is 279 g/mol. The number of methoxy groups -OCH3 is 2. The highest BCUT2D eigenvalue weighted by Gasteiger charge is 2.25. The quantitative estimate of drug-likeness (QED) is 0.831. The third-order valence-corrected chi connectivity index (χ3v) is 3.97. The highest BCUT2D eigenvalue weighted by molar-refractivity contribution is 5.25. The van der Waals surface area contributed by atoms with Gasteiger partial charge in [0.05, 0.1) is 26.5 Å². The topological polar surface area (TPSA) is 56.3 Å². The second-order valence-electron chi connectivity index (χ2n) is 5.30. The summed E-state index contributed by atoms with van der Waals surface area (Å²) < 4.78 is 10.5. The summed E-state index contributed by atoms with van der Waals surface area (Å²) in [6, 6.07) is 0.205. The molecule has 2 rings (SSSR count). The molecule has 1 aromatic heterocycles. The molecular formula is C15H25N3O2. The van der Waals surface area contributed by atoms with E-state index in [0.717, 1.165) is 24.6 Å². The van der Waals surface area contributed by atoms with Crippen molar-refractivity contribution in [3.05, 3.63) is 11.9 Å². The average Bonchev–Trinajstić information content (AvgIpc) is 2.99. The summed E-state index contributed by atoms with van der Waals surface area (Å²) in [6.07, 6.45) is 8.13. The Morgan fingerprint density at radius 1 is 1.30 bits per heavy atom. The summed E-state index contributed by atoms with van der Waals surface area (Å²) in [7, 11) is 3.22. The predicted molar refractivity (Wildman–Crippen MR) is 78.1 cm³/mol. The standard InChI is InChI=1S/C15H25N3O2/c1-4-16-12(9-11-7-5-6-8-11)14-15(20-3)18-13(19-2)10-17-14/h10-12,16H,4-9H2,1-3H3. The highest BCUT2D eigenvalue weighted by atomic mass is 16.5. The first kappa shape index (κ1) is 15.0. The molecule has 5 nitrogen and oxygen atoms in total. The summed E-state index contributed by atoms with van der Waals surface area (Å²) in [6.45, 7) is 3.03. The van der Waals surface area contributed by atoms with Crippen LogP contribution in [0.3, 0.4) is 0 Å². The minimum atomic E-state index is 0.205. The third-order valence-electron chi connectivity index (χ3n) is 3.97. The van der Waals surface area contributed by atoms with Gasteiger partial charge >= 0.3 is 0 Å². The van der Waals surface area contributed by atoms with Crippen molar-refractivity contribution < 1.29 is 9.47 Å². The Bertz CT molecular complexity index is 420.